The Bertz CT molecular complexity index is 759. The van der Waals surface area contributed by atoms with Crippen LogP contribution in [-0.2, 0) is 10.2 Å². The van der Waals surface area contributed by atoms with Crippen LogP contribution >= 0.6 is 0 Å². The molecule has 9 heteroatoms. The number of hydrogen-bond donors (Lipinski definition) is 5. The first-order valence-corrected chi connectivity index (χ1v) is 8.10. The molecule has 1 saturated carbocycles. The molecule has 2 aromatic heterocycles. The first-order valence-electron chi connectivity index (χ1n) is 8.10. The van der Waals surface area contributed by atoms with Crippen LogP contribution in [0.5, 0.6) is 0 Å². The largest absolute Gasteiger partial charge is 0.395 e. The van der Waals surface area contributed by atoms with Crippen LogP contribution in [0, 0.1) is 5.92 Å². The summed E-state index contributed by atoms with van der Waals surface area (Å²) in [5.41, 5.74) is 4.70. The predicted molar refractivity (Wildman–Crippen MR) is 82.4 cm³/mol. The molecule has 0 bridgehead atoms. The topological polar surface area (TPSA) is 150 Å². The van der Waals surface area contributed by atoms with Gasteiger partial charge in [-0.15, -0.1) is 0 Å². The van der Waals surface area contributed by atoms with Crippen LogP contribution in [0.3, 0.4) is 0 Å². The van der Waals surface area contributed by atoms with E-state index in [1.807, 2.05) is 0 Å². The Kier molecular flexibility index (Phi) is 3.42. The Balaban J connectivity index is 1.92. The van der Waals surface area contributed by atoms with Crippen LogP contribution in [0.2, 0.25) is 0 Å². The summed E-state index contributed by atoms with van der Waals surface area (Å²) in [6, 6.07) is 0. The number of aliphatic hydroxyl groups is 3. The number of hydrogen-bond acceptors (Lipinski definition) is 8. The number of ether oxygens (including phenoxy) is 1. The first-order chi connectivity index (χ1) is 11.4. The normalized spacial score (nSPS) is 33.5. The van der Waals surface area contributed by atoms with Gasteiger partial charge in [0.1, 0.15) is 11.3 Å². The monoisotopic (exact) mass is 335 g/mol. The highest BCUT2D eigenvalue weighted by Gasteiger charge is 2.72. The number of aromatic nitrogens is 4. The molecule has 0 spiro atoms. The fraction of sp³-hybridized carbons (Fsp3) is 0.667. The van der Waals surface area contributed by atoms with Crippen LogP contribution in [0.25, 0.3) is 11.2 Å². The number of fused-ring (bicyclic) bond motifs is 1. The highest BCUT2D eigenvalue weighted by atomic mass is 16.8. The first kappa shape index (κ1) is 15.9. The van der Waals surface area contributed by atoms with Gasteiger partial charge in [0.2, 0.25) is 0 Å². The van der Waals surface area contributed by atoms with Crippen LogP contribution in [0.15, 0.2) is 12.5 Å². The maximum absolute atomic E-state index is 10.6. The van der Waals surface area contributed by atoms with E-state index in [9.17, 15) is 15.3 Å². The second-order valence-electron chi connectivity index (χ2n) is 6.82. The van der Waals surface area contributed by atoms with Gasteiger partial charge in [-0.2, -0.15) is 0 Å². The van der Waals surface area contributed by atoms with E-state index in [4.69, 9.17) is 10.5 Å². The zero-order valence-electron chi connectivity index (χ0n) is 13.1. The van der Waals surface area contributed by atoms with E-state index in [0.29, 0.717) is 11.2 Å². The van der Waals surface area contributed by atoms with E-state index in [2.05, 4.69) is 19.9 Å². The van der Waals surface area contributed by atoms with E-state index in [0.717, 1.165) is 25.7 Å². The van der Waals surface area contributed by atoms with Crippen LogP contribution in [0.4, 0.5) is 0 Å². The molecule has 2 aromatic rings. The standard InChI is InChI=1S/C15H21N5O4/c16-14(9-3-1-2-4-9)7-24-15(22,23)13(14,6-21)12-17-5-10-11(20-12)19-8-18-10/h5,8-9,21-23H,1-4,6-7,16H2,(H,17,18,19,20). The van der Waals surface area contributed by atoms with Crippen molar-refractivity contribution in [2.45, 2.75) is 42.6 Å². The third kappa shape index (κ3) is 1.84. The van der Waals surface area contributed by atoms with Crippen molar-refractivity contribution in [1.29, 1.82) is 0 Å². The average Bonchev–Trinajstić information content (AvgIpc) is 3.27. The summed E-state index contributed by atoms with van der Waals surface area (Å²) in [6.07, 6.45) is 6.65. The summed E-state index contributed by atoms with van der Waals surface area (Å²) >= 11 is 0. The van der Waals surface area contributed by atoms with Crippen molar-refractivity contribution in [2.75, 3.05) is 13.2 Å². The fourth-order valence-electron chi connectivity index (χ4n) is 4.29. The molecule has 0 aromatic carbocycles. The minimum absolute atomic E-state index is 0.0238. The van der Waals surface area contributed by atoms with E-state index < -0.39 is 23.5 Å². The molecule has 1 aliphatic carbocycles. The number of H-pyrrole nitrogens is 1. The molecule has 0 amide bonds. The number of aliphatic hydroxyl groups excluding tert-OH is 1. The molecule has 6 N–H and O–H groups in total. The van der Waals surface area contributed by atoms with E-state index >= 15 is 0 Å². The highest BCUT2D eigenvalue weighted by molar-refractivity contribution is 5.68. The van der Waals surface area contributed by atoms with Crippen molar-refractivity contribution >= 4 is 11.2 Å². The number of rotatable bonds is 3. The molecular formula is C15H21N5O4. The number of nitrogens with one attached hydrogen (secondary N) is 1. The van der Waals surface area contributed by atoms with Gasteiger partial charge in [0.25, 0.3) is 5.97 Å². The lowest BCUT2D eigenvalue weighted by Crippen LogP contribution is -2.69. The lowest BCUT2D eigenvalue weighted by Gasteiger charge is -2.45. The quantitative estimate of drug-likeness (QED) is 0.455. The Labute approximate surface area is 137 Å². The average molecular weight is 335 g/mol. The molecule has 2 aliphatic rings. The van der Waals surface area contributed by atoms with Gasteiger partial charge < -0.3 is 30.8 Å². The van der Waals surface area contributed by atoms with Gasteiger partial charge in [0.05, 0.1) is 31.3 Å². The van der Waals surface area contributed by atoms with Crippen molar-refractivity contribution in [3.8, 4) is 0 Å². The molecule has 2 atom stereocenters. The molecule has 9 nitrogen and oxygen atoms in total. The molecule has 1 saturated heterocycles. The third-order valence-corrected chi connectivity index (χ3v) is 5.74. The Morgan fingerprint density at radius 1 is 1.29 bits per heavy atom. The summed E-state index contributed by atoms with van der Waals surface area (Å²) in [7, 11) is 0. The molecule has 1 aliphatic heterocycles. The highest BCUT2D eigenvalue weighted by Crippen LogP contribution is 2.53. The predicted octanol–water partition coefficient (Wildman–Crippen LogP) is -0.861. The van der Waals surface area contributed by atoms with Crippen molar-refractivity contribution in [1.82, 2.24) is 19.9 Å². The van der Waals surface area contributed by atoms with Crippen molar-refractivity contribution in [3.05, 3.63) is 18.3 Å². The second-order valence-corrected chi connectivity index (χ2v) is 6.82. The summed E-state index contributed by atoms with van der Waals surface area (Å²) in [5.74, 6) is -2.66. The lowest BCUT2D eigenvalue weighted by atomic mass is 9.63. The fourth-order valence-corrected chi connectivity index (χ4v) is 4.29. The number of nitrogens with zero attached hydrogens (tertiary/aromatic N) is 3. The number of nitrogens with two attached hydrogens (primary N) is 1. The van der Waals surface area contributed by atoms with Crippen LogP contribution < -0.4 is 5.73 Å². The van der Waals surface area contributed by atoms with Crippen molar-refractivity contribution in [3.63, 3.8) is 0 Å². The van der Waals surface area contributed by atoms with Gasteiger partial charge >= 0.3 is 0 Å². The summed E-state index contributed by atoms with van der Waals surface area (Å²) in [5, 5.41) is 31.4. The Morgan fingerprint density at radius 2 is 2.04 bits per heavy atom. The Morgan fingerprint density at radius 3 is 2.75 bits per heavy atom. The van der Waals surface area contributed by atoms with Crippen LogP contribution in [0.1, 0.15) is 31.5 Å². The van der Waals surface area contributed by atoms with Crippen molar-refractivity contribution in [2.24, 2.45) is 11.7 Å². The van der Waals surface area contributed by atoms with Crippen LogP contribution in [-0.4, -0.2) is 60.0 Å². The zero-order valence-corrected chi connectivity index (χ0v) is 13.1. The number of aromatic amines is 1. The smallest absolute Gasteiger partial charge is 0.295 e. The SMILES string of the molecule is NC1(C2CCCC2)COC(O)(O)C1(CO)c1ncc2[nH]cnc2n1. The van der Waals surface area contributed by atoms with Gasteiger partial charge in [-0.05, 0) is 18.8 Å². The summed E-state index contributed by atoms with van der Waals surface area (Å²) < 4.78 is 5.24. The number of imidazole rings is 1. The third-order valence-electron chi connectivity index (χ3n) is 5.74. The van der Waals surface area contributed by atoms with Gasteiger partial charge in [0.15, 0.2) is 11.1 Å². The molecular weight excluding hydrogens is 314 g/mol. The molecule has 2 unspecified atom stereocenters. The summed E-state index contributed by atoms with van der Waals surface area (Å²) in [4.78, 5) is 15.5. The molecule has 24 heavy (non-hydrogen) atoms. The van der Waals surface area contributed by atoms with E-state index in [-0.39, 0.29) is 18.3 Å². The molecule has 2 fully saturated rings. The molecule has 4 rings (SSSR count). The maximum atomic E-state index is 10.6. The Hall–Kier alpha value is -1.65. The molecule has 0 radical (unpaired) electrons. The lowest BCUT2D eigenvalue weighted by molar-refractivity contribution is -0.349. The van der Waals surface area contributed by atoms with Gasteiger partial charge in [-0.3, -0.25) is 0 Å². The minimum Gasteiger partial charge on any atom is -0.395 e. The maximum Gasteiger partial charge on any atom is 0.295 e. The minimum atomic E-state index is -2.66. The van der Waals surface area contributed by atoms with Gasteiger partial charge in [-0.25, -0.2) is 15.0 Å². The van der Waals surface area contributed by atoms with Gasteiger partial charge in [-0.1, -0.05) is 12.8 Å². The molecule has 3 heterocycles. The van der Waals surface area contributed by atoms with Crippen molar-refractivity contribution < 1.29 is 20.1 Å². The van der Waals surface area contributed by atoms with E-state index in [1.165, 1.54) is 12.5 Å². The van der Waals surface area contributed by atoms with Gasteiger partial charge in [0, 0.05) is 0 Å². The zero-order chi connectivity index (χ0) is 17.0. The molecule has 130 valence electrons. The summed E-state index contributed by atoms with van der Waals surface area (Å²) in [6.45, 7) is -0.740. The van der Waals surface area contributed by atoms with E-state index in [1.54, 1.807) is 0 Å². The second kappa shape index (κ2) is 5.17.